The number of pyridine rings is 1. The third-order valence-electron chi connectivity index (χ3n) is 1.56. The second kappa shape index (κ2) is 2.61. The fourth-order valence-electron chi connectivity index (χ4n) is 1.06. The van der Waals surface area contributed by atoms with Gasteiger partial charge >= 0.3 is 0 Å². The molecule has 0 spiro atoms. The van der Waals surface area contributed by atoms with Crippen LogP contribution in [0.15, 0.2) is 29.1 Å². The summed E-state index contributed by atoms with van der Waals surface area (Å²) in [6, 6.07) is 1.76. The van der Waals surface area contributed by atoms with Gasteiger partial charge in [0, 0.05) is 23.1 Å². The van der Waals surface area contributed by atoms with Crippen LogP contribution < -0.4 is 0 Å². The Morgan fingerprint density at radius 2 is 2.42 bits per heavy atom. The summed E-state index contributed by atoms with van der Waals surface area (Å²) in [4.78, 5) is 7.43. The molecule has 0 aliphatic rings. The molecule has 0 aliphatic carbocycles. The standard InChI is InChI=1S/C8H4BrN3/c1-10-7-4-6(9)5-12-3-2-11-8(7)12/h2-5H. The number of hydrogen-bond acceptors (Lipinski definition) is 1. The maximum atomic E-state index is 6.91. The van der Waals surface area contributed by atoms with E-state index in [1.54, 1.807) is 12.3 Å². The van der Waals surface area contributed by atoms with Crippen LogP contribution in [0.5, 0.6) is 0 Å². The molecule has 0 aromatic carbocycles. The van der Waals surface area contributed by atoms with Crippen LogP contribution in [-0.4, -0.2) is 9.38 Å². The van der Waals surface area contributed by atoms with E-state index in [1.807, 2.05) is 16.8 Å². The fourth-order valence-corrected chi connectivity index (χ4v) is 1.50. The van der Waals surface area contributed by atoms with Gasteiger partial charge in [-0.15, -0.1) is 0 Å². The van der Waals surface area contributed by atoms with Crippen molar-refractivity contribution in [2.24, 2.45) is 0 Å². The second-order valence-corrected chi connectivity index (χ2v) is 3.23. The molecule has 12 heavy (non-hydrogen) atoms. The largest absolute Gasteiger partial charge is 0.315 e. The zero-order chi connectivity index (χ0) is 8.55. The number of halogens is 1. The minimum absolute atomic E-state index is 0.564. The lowest BCUT2D eigenvalue weighted by atomic mass is 10.4. The van der Waals surface area contributed by atoms with Gasteiger partial charge in [0.2, 0.25) is 5.69 Å². The van der Waals surface area contributed by atoms with Gasteiger partial charge in [0.15, 0.2) is 0 Å². The monoisotopic (exact) mass is 221 g/mol. The van der Waals surface area contributed by atoms with Gasteiger partial charge in [-0.1, -0.05) is 15.9 Å². The van der Waals surface area contributed by atoms with Gasteiger partial charge in [-0.3, -0.25) is 0 Å². The highest BCUT2D eigenvalue weighted by atomic mass is 79.9. The summed E-state index contributed by atoms with van der Waals surface area (Å²) in [7, 11) is 0. The van der Waals surface area contributed by atoms with E-state index in [0.29, 0.717) is 11.3 Å². The van der Waals surface area contributed by atoms with Crippen LogP contribution in [0.2, 0.25) is 0 Å². The molecular weight excluding hydrogens is 218 g/mol. The van der Waals surface area contributed by atoms with Crippen molar-refractivity contribution < 1.29 is 0 Å². The highest BCUT2D eigenvalue weighted by molar-refractivity contribution is 9.10. The quantitative estimate of drug-likeness (QED) is 0.628. The van der Waals surface area contributed by atoms with E-state index < -0.39 is 0 Å². The molecule has 0 atom stereocenters. The lowest BCUT2D eigenvalue weighted by molar-refractivity contribution is 1.18. The van der Waals surface area contributed by atoms with Crippen molar-refractivity contribution in [3.63, 3.8) is 0 Å². The van der Waals surface area contributed by atoms with Crippen molar-refractivity contribution in [3.8, 4) is 0 Å². The SMILES string of the molecule is [C-]#[N+]c1cc(Br)cn2ccnc12. The lowest BCUT2D eigenvalue weighted by Gasteiger charge is -1.96. The van der Waals surface area contributed by atoms with Crippen LogP contribution in [0.1, 0.15) is 0 Å². The minimum atomic E-state index is 0.564. The van der Waals surface area contributed by atoms with Crippen LogP contribution in [0, 0.1) is 6.57 Å². The van der Waals surface area contributed by atoms with E-state index >= 15 is 0 Å². The number of fused-ring (bicyclic) bond motifs is 1. The molecule has 0 radical (unpaired) electrons. The Morgan fingerprint density at radius 1 is 1.58 bits per heavy atom. The Labute approximate surface area is 77.6 Å². The van der Waals surface area contributed by atoms with Crippen LogP contribution in [0.3, 0.4) is 0 Å². The van der Waals surface area contributed by atoms with Gasteiger partial charge in [0.05, 0.1) is 6.57 Å². The lowest BCUT2D eigenvalue weighted by Crippen LogP contribution is -1.81. The second-order valence-electron chi connectivity index (χ2n) is 2.31. The predicted molar refractivity (Wildman–Crippen MR) is 49.2 cm³/mol. The summed E-state index contributed by atoms with van der Waals surface area (Å²) in [5.74, 6) is 0. The molecule has 2 aromatic heterocycles. The van der Waals surface area contributed by atoms with Gasteiger partial charge in [-0.25, -0.2) is 9.83 Å². The first-order chi connectivity index (χ1) is 5.81. The summed E-state index contributed by atoms with van der Waals surface area (Å²) < 4.78 is 2.70. The molecular formula is C8H4BrN3. The zero-order valence-corrected chi connectivity index (χ0v) is 7.62. The van der Waals surface area contributed by atoms with E-state index in [-0.39, 0.29) is 0 Å². The summed E-state index contributed by atoms with van der Waals surface area (Å²) in [6.07, 6.45) is 5.36. The first-order valence-electron chi connectivity index (χ1n) is 3.31. The topological polar surface area (TPSA) is 21.7 Å². The average Bonchev–Trinajstić information content (AvgIpc) is 2.50. The van der Waals surface area contributed by atoms with Gasteiger partial charge in [0.25, 0.3) is 0 Å². The number of hydrogen-bond donors (Lipinski definition) is 0. The van der Waals surface area contributed by atoms with Crippen molar-refractivity contribution in [2.45, 2.75) is 0 Å². The van der Waals surface area contributed by atoms with Crippen LogP contribution >= 0.6 is 15.9 Å². The molecule has 0 saturated carbocycles. The summed E-state index contributed by atoms with van der Waals surface area (Å²) >= 11 is 3.32. The maximum absolute atomic E-state index is 6.91. The van der Waals surface area contributed by atoms with Crippen LogP contribution in [-0.2, 0) is 0 Å². The van der Waals surface area contributed by atoms with Crippen molar-refractivity contribution in [1.82, 2.24) is 9.38 Å². The predicted octanol–water partition coefficient (Wildman–Crippen LogP) is 2.65. The Kier molecular flexibility index (Phi) is 1.59. The van der Waals surface area contributed by atoms with Crippen LogP contribution in [0.4, 0.5) is 5.69 Å². The molecule has 0 aliphatic heterocycles. The Balaban J connectivity index is 2.91. The highest BCUT2D eigenvalue weighted by Gasteiger charge is 2.02. The number of rotatable bonds is 0. The van der Waals surface area contributed by atoms with E-state index in [2.05, 4.69) is 25.8 Å². The molecule has 2 rings (SSSR count). The molecule has 0 fully saturated rings. The summed E-state index contributed by atoms with van der Waals surface area (Å²) in [5.41, 5.74) is 1.27. The molecule has 3 nitrogen and oxygen atoms in total. The first kappa shape index (κ1) is 7.32. The maximum Gasteiger partial charge on any atom is 0.230 e. The van der Waals surface area contributed by atoms with E-state index in [1.165, 1.54) is 0 Å². The van der Waals surface area contributed by atoms with E-state index in [9.17, 15) is 0 Å². The number of imidazole rings is 1. The van der Waals surface area contributed by atoms with E-state index in [0.717, 1.165) is 4.47 Å². The molecule has 2 heterocycles. The van der Waals surface area contributed by atoms with Crippen LogP contribution in [0.25, 0.3) is 10.5 Å². The fraction of sp³-hybridized carbons (Fsp3) is 0. The third-order valence-corrected chi connectivity index (χ3v) is 1.99. The highest BCUT2D eigenvalue weighted by Crippen LogP contribution is 2.23. The molecule has 0 saturated heterocycles. The summed E-state index contributed by atoms with van der Waals surface area (Å²) in [5, 5.41) is 0. The van der Waals surface area contributed by atoms with Gasteiger partial charge in [0.1, 0.15) is 5.65 Å². The van der Waals surface area contributed by atoms with Gasteiger partial charge in [-0.2, -0.15) is 0 Å². The molecule has 0 N–H and O–H groups in total. The van der Waals surface area contributed by atoms with Gasteiger partial charge in [-0.05, 0) is 6.07 Å². The molecule has 0 unspecified atom stereocenters. The zero-order valence-electron chi connectivity index (χ0n) is 6.03. The van der Waals surface area contributed by atoms with Crippen molar-refractivity contribution in [1.29, 1.82) is 0 Å². The minimum Gasteiger partial charge on any atom is -0.315 e. The van der Waals surface area contributed by atoms with E-state index in [4.69, 9.17) is 6.57 Å². The molecule has 58 valence electrons. The summed E-state index contributed by atoms with van der Waals surface area (Å²) in [6.45, 7) is 6.91. The Bertz CT molecular complexity index is 467. The molecule has 4 heteroatoms. The third kappa shape index (κ3) is 0.990. The Hall–Kier alpha value is -1.34. The molecule has 0 bridgehead atoms. The van der Waals surface area contributed by atoms with Crippen molar-refractivity contribution in [3.05, 3.63) is 40.5 Å². The smallest absolute Gasteiger partial charge is 0.230 e. The van der Waals surface area contributed by atoms with Gasteiger partial charge < -0.3 is 4.40 Å². The molecule has 2 aromatic rings. The van der Waals surface area contributed by atoms with Crippen molar-refractivity contribution in [2.75, 3.05) is 0 Å². The number of aromatic nitrogens is 2. The first-order valence-corrected chi connectivity index (χ1v) is 4.10. The van der Waals surface area contributed by atoms with Crippen molar-refractivity contribution >= 4 is 27.3 Å². The normalized spacial score (nSPS) is 10.0. The molecule has 0 amide bonds. The Morgan fingerprint density at radius 3 is 3.17 bits per heavy atom. The number of nitrogens with zero attached hydrogens (tertiary/aromatic N) is 3. The average molecular weight is 222 g/mol.